The van der Waals surface area contributed by atoms with Crippen molar-refractivity contribution >= 4 is 20.9 Å². The summed E-state index contributed by atoms with van der Waals surface area (Å²) in [7, 11) is -2.23. The Morgan fingerprint density at radius 3 is 2.59 bits per heavy atom. The monoisotopic (exact) mass is 455 g/mol. The van der Waals surface area contributed by atoms with E-state index in [0.717, 1.165) is 16.6 Å². The number of hydrogen-bond donors (Lipinski definition) is 1. The first-order valence-corrected chi connectivity index (χ1v) is 11.4. The highest BCUT2D eigenvalue weighted by molar-refractivity contribution is 7.89. The molecule has 0 saturated heterocycles. The van der Waals surface area contributed by atoms with Crippen molar-refractivity contribution in [3.05, 3.63) is 78.7 Å². The van der Waals surface area contributed by atoms with Crippen molar-refractivity contribution in [2.75, 3.05) is 13.7 Å². The van der Waals surface area contributed by atoms with E-state index in [-0.39, 0.29) is 17.3 Å². The second-order valence-electron chi connectivity index (χ2n) is 7.27. The molecular formula is C23H22FN3O4S. The van der Waals surface area contributed by atoms with Gasteiger partial charge in [-0.05, 0) is 61.5 Å². The quantitative estimate of drug-likeness (QED) is 0.436. The molecule has 0 amide bonds. The third kappa shape index (κ3) is 4.74. The maximum absolute atomic E-state index is 13.2. The molecule has 0 aliphatic rings. The summed E-state index contributed by atoms with van der Waals surface area (Å²) >= 11 is 0. The first-order chi connectivity index (χ1) is 15.4. The Balaban J connectivity index is 1.43. The molecule has 4 rings (SSSR count). The Labute approximate surface area is 185 Å². The smallest absolute Gasteiger partial charge is 0.241 e. The van der Waals surface area contributed by atoms with Gasteiger partial charge < -0.3 is 9.47 Å². The van der Waals surface area contributed by atoms with Gasteiger partial charge in [0.2, 0.25) is 10.0 Å². The molecule has 166 valence electrons. The lowest BCUT2D eigenvalue weighted by molar-refractivity contribution is 0.288. The molecule has 0 bridgehead atoms. The summed E-state index contributed by atoms with van der Waals surface area (Å²) in [5, 5.41) is 5.21. The summed E-state index contributed by atoms with van der Waals surface area (Å²) in [6.45, 7) is 1.86. The first kappa shape index (κ1) is 21.8. The third-order valence-electron chi connectivity index (χ3n) is 4.82. The maximum Gasteiger partial charge on any atom is 0.241 e. The fourth-order valence-electron chi connectivity index (χ4n) is 3.25. The van der Waals surface area contributed by atoms with E-state index in [1.807, 2.05) is 12.1 Å². The van der Waals surface area contributed by atoms with Crippen LogP contribution in [0.3, 0.4) is 0 Å². The van der Waals surface area contributed by atoms with E-state index >= 15 is 0 Å². The topological polar surface area (TPSA) is 82.5 Å². The van der Waals surface area contributed by atoms with Crippen LogP contribution in [-0.4, -0.2) is 38.0 Å². The Hall–Kier alpha value is -3.43. The first-order valence-electron chi connectivity index (χ1n) is 9.88. The van der Waals surface area contributed by atoms with E-state index in [1.54, 1.807) is 48.1 Å². The molecule has 0 fully saturated rings. The molecule has 3 aromatic carbocycles. The minimum atomic E-state index is -3.71. The predicted molar refractivity (Wildman–Crippen MR) is 119 cm³/mol. The van der Waals surface area contributed by atoms with Crippen molar-refractivity contribution in [2.24, 2.45) is 0 Å². The molecule has 0 spiro atoms. The average molecular weight is 456 g/mol. The van der Waals surface area contributed by atoms with E-state index in [4.69, 9.17) is 9.47 Å². The summed E-state index contributed by atoms with van der Waals surface area (Å²) in [6, 6.07) is 17.3. The molecule has 1 heterocycles. The molecule has 0 aliphatic carbocycles. The van der Waals surface area contributed by atoms with Crippen molar-refractivity contribution in [1.82, 2.24) is 14.5 Å². The van der Waals surface area contributed by atoms with Gasteiger partial charge in [-0.25, -0.2) is 22.2 Å². The third-order valence-corrected chi connectivity index (χ3v) is 6.41. The van der Waals surface area contributed by atoms with Crippen molar-refractivity contribution in [2.45, 2.75) is 17.9 Å². The number of ether oxygens (including phenoxy) is 2. The molecule has 0 saturated carbocycles. The van der Waals surface area contributed by atoms with Gasteiger partial charge in [0.1, 0.15) is 23.9 Å². The van der Waals surface area contributed by atoms with E-state index in [9.17, 15) is 12.8 Å². The van der Waals surface area contributed by atoms with Gasteiger partial charge in [0.05, 0.1) is 35.4 Å². The standard InChI is InChI=1S/C23H22FN3O4S/c1-16(26-32(28,29)22-5-3-4-20(13-22)30-2)15-31-21-10-11-23-17(12-21)14-25-27(23)19-8-6-18(24)7-9-19/h3-14,16,26H,15H2,1-2H3/t16-/m0/s1. The molecular weight excluding hydrogens is 433 g/mol. The van der Waals surface area contributed by atoms with Gasteiger partial charge >= 0.3 is 0 Å². The number of fused-ring (bicyclic) bond motifs is 1. The van der Waals surface area contributed by atoms with Crippen molar-refractivity contribution in [3.8, 4) is 17.2 Å². The zero-order valence-corrected chi connectivity index (χ0v) is 18.3. The SMILES string of the molecule is COc1cccc(S(=O)(=O)N[C@@H](C)COc2ccc3c(cnn3-c3ccc(F)cc3)c2)c1. The normalized spacial score (nSPS) is 12.6. The maximum atomic E-state index is 13.2. The number of nitrogens with one attached hydrogen (secondary N) is 1. The van der Waals surface area contributed by atoms with Gasteiger partial charge in [0, 0.05) is 11.5 Å². The van der Waals surface area contributed by atoms with Crippen LogP contribution in [-0.2, 0) is 10.0 Å². The highest BCUT2D eigenvalue weighted by Gasteiger charge is 2.18. The summed E-state index contributed by atoms with van der Waals surface area (Å²) in [4.78, 5) is 0.123. The summed E-state index contributed by atoms with van der Waals surface area (Å²) in [5.74, 6) is 0.742. The van der Waals surface area contributed by atoms with E-state index < -0.39 is 16.1 Å². The van der Waals surface area contributed by atoms with Crippen LogP contribution in [0.1, 0.15) is 6.92 Å². The van der Waals surface area contributed by atoms with Crippen LogP contribution in [0.15, 0.2) is 77.8 Å². The zero-order valence-electron chi connectivity index (χ0n) is 17.5. The van der Waals surface area contributed by atoms with Gasteiger partial charge in [-0.3, -0.25) is 0 Å². The van der Waals surface area contributed by atoms with Crippen LogP contribution in [0, 0.1) is 5.82 Å². The van der Waals surface area contributed by atoms with E-state index in [2.05, 4.69) is 9.82 Å². The molecule has 9 heteroatoms. The van der Waals surface area contributed by atoms with Crippen molar-refractivity contribution in [3.63, 3.8) is 0 Å². The predicted octanol–water partition coefficient (Wildman–Crippen LogP) is 3.92. The minimum Gasteiger partial charge on any atom is -0.497 e. The second-order valence-corrected chi connectivity index (χ2v) is 8.98. The average Bonchev–Trinajstić information content (AvgIpc) is 3.21. The summed E-state index contributed by atoms with van der Waals surface area (Å²) in [6.07, 6.45) is 1.69. The van der Waals surface area contributed by atoms with Crippen LogP contribution in [0.5, 0.6) is 11.5 Å². The number of nitrogens with zero attached hydrogens (tertiary/aromatic N) is 2. The lowest BCUT2D eigenvalue weighted by Gasteiger charge is -2.16. The molecule has 7 nitrogen and oxygen atoms in total. The lowest BCUT2D eigenvalue weighted by atomic mass is 10.2. The Morgan fingerprint density at radius 1 is 1.06 bits per heavy atom. The molecule has 0 radical (unpaired) electrons. The largest absolute Gasteiger partial charge is 0.497 e. The highest BCUT2D eigenvalue weighted by Crippen LogP contribution is 2.24. The number of methoxy groups -OCH3 is 1. The molecule has 0 aliphatic heterocycles. The van der Waals surface area contributed by atoms with Crippen LogP contribution in [0.4, 0.5) is 4.39 Å². The zero-order chi connectivity index (χ0) is 22.7. The molecule has 32 heavy (non-hydrogen) atoms. The lowest BCUT2D eigenvalue weighted by Crippen LogP contribution is -2.36. The molecule has 1 atom stereocenters. The fourth-order valence-corrected chi connectivity index (χ4v) is 4.51. The summed E-state index contributed by atoms with van der Waals surface area (Å²) in [5.41, 5.74) is 1.59. The van der Waals surface area contributed by atoms with Gasteiger partial charge in [-0.2, -0.15) is 5.10 Å². The van der Waals surface area contributed by atoms with Gasteiger partial charge in [0.25, 0.3) is 0 Å². The molecule has 4 aromatic rings. The molecule has 1 N–H and O–H groups in total. The number of sulfonamides is 1. The molecule has 0 unspecified atom stereocenters. The minimum absolute atomic E-state index is 0.123. The number of hydrogen-bond acceptors (Lipinski definition) is 5. The van der Waals surface area contributed by atoms with Crippen molar-refractivity contribution < 1.29 is 22.3 Å². The summed E-state index contributed by atoms with van der Waals surface area (Å²) < 4.78 is 53.6. The van der Waals surface area contributed by atoms with Crippen LogP contribution in [0.25, 0.3) is 16.6 Å². The van der Waals surface area contributed by atoms with Gasteiger partial charge in [-0.15, -0.1) is 0 Å². The van der Waals surface area contributed by atoms with E-state index in [0.29, 0.717) is 11.5 Å². The van der Waals surface area contributed by atoms with Crippen LogP contribution < -0.4 is 14.2 Å². The van der Waals surface area contributed by atoms with E-state index in [1.165, 1.54) is 31.4 Å². The van der Waals surface area contributed by atoms with Gasteiger partial charge in [0.15, 0.2) is 0 Å². The highest BCUT2D eigenvalue weighted by atomic mass is 32.2. The fraction of sp³-hybridized carbons (Fsp3) is 0.174. The molecule has 1 aromatic heterocycles. The van der Waals surface area contributed by atoms with Crippen LogP contribution in [0.2, 0.25) is 0 Å². The number of halogens is 1. The second kappa shape index (κ2) is 8.97. The number of aromatic nitrogens is 2. The number of rotatable bonds is 8. The van der Waals surface area contributed by atoms with Gasteiger partial charge in [-0.1, -0.05) is 6.07 Å². The Bertz CT molecular complexity index is 1340. The Kier molecular flexibility index (Phi) is 6.11. The van der Waals surface area contributed by atoms with Crippen LogP contribution >= 0.6 is 0 Å². The number of benzene rings is 3. The Morgan fingerprint density at radius 2 is 1.84 bits per heavy atom. The van der Waals surface area contributed by atoms with Crippen molar-refractivity contribution in [1.29, 1.82) is 0 Å².